The molecule has 1 amide bonds. The van der Waals surface area contributed by atoms with Crippen molar-refractivity contribution in [3.8, 4) is 0 Å². The fraction of sp³-hybridized carbons (Fsp3) is 0.174. The maximum atomic E-state index is 13.6. The smallest absolute Gasteiger partial charge is 0.297 e. The van der Waals surface area contributed by atoms with Crippen LogP contribution in [0.2, 0.25) is 0 Å². The normalized spacial score (nSPS) is 15.7. The number of hydrogen-bond donors (Lipinski definition) is 0. The zero-order valence-corrected chi connectivity index (χ0v) is 20.2. The summed E-state index contributed by atoms with van der Waals surface area (Å²) in [4.78, 5) is 35.5. The maximum absolute atomic E-state index is 13.6. The second-order valence-electron chi connectivity index (χ2n) is 7.30. The van der Waals surface area contributed by atoms with Crippen molar-refractivity contribution in [1.82, 2.24) is 4.98 Å². The van der Waals surface area contributed by atoms with E-state index in [2.05, 4.69) is 20.9 Å². The largest absolute Gasteiger partial charge is 0.450 e. The number of anilines is 1. The third kappa shape index (κ3) is 3.24. The molecule has 2 aromatic carbocycles. The molecule has 156 valence electrons. The number of benzene rings is 2. The number of aromatic nitrogens is 1. The summed E-state index contributed by atoms with van der Waals surface area (Å²) < 4.78 is 6.78. The second-order valence-corrected chi connectivity index (χ2v) is 10.3. The molecule has 0 spiro atoms. The van der Waals surface area contributed by atoms with E-state index in [0.29, 0.717) is 21.7 Å². The summed E-state index contributed by atoms with van der Waals surface area (Å²) in [5.41, 5.74) is 2.27. The van der Waals surface area contributed by atoms with Crippen molar-refractivity contribution < 1.29 is 9.21 Å². The lowest BCUT2D eigenvalue weighted by Crippen LogP contribution is -2.29. The van der Waals surface area contributed by atoms with Gasteiger partial charge in [0.25, 0.3) is 5.91 Å². The van der Waals surface area contributed by atoms with Crippen LogP contribution in [-0.2, 0) is 0 Å². The van der Waals surface area contributed by atoms with Gasteiger partial charge in [0.2, 0.25) is 5.76 Å². The number of carbonyl (C=O) groups is 1. The SMILES string of the molecule is CSc1ccc(C2c3c(oc4ccc(Br)cc4c3=O)C(=O)N2c2nc(C)c(C)s2)cc1. The van der Waals surface area contributed by atoms with E-state index in [1.807, 2.05) is 44.4 Å². The molecule has 1 aliphatic heterocycles. The average molecular weight is 513 g/mol. The number of nitrogens with zero attached hydrogens (tertiary/aromatic N) is 2. The van der Waals surface area contributed by atoms with Crippen molar-refractivity contribution in [3.05, 3.63) is 84.6 Å². The summed E-state index contributed by atoms with van der Waals surface area (Å²) in [5, 5.41) is 1.01. The molecule has 2 aromatic heterocycles. The molecule has 4 aromatic rings. The molecule has 1 unspecified atom stereocenters. The number of fused-ring (bicyclic) bond motifs is 2. The Morgan fingerprint density at radius 2 is 1.87 bits per heavy atom. The topological polar surface area (TPSA) is 63.4 Å². The first kappa shape index (κ1) is 20.5. The van der Waals surface area contributed by atoms with Gasteiger partial charge >= 0.3 is 0 Å². The monoisotopic (exact) mass is 512 g/mol. The van der Waals surface area contributed by atoms with Gasteiger partial charge < -0.3 is 4.42 Å². The lowest BCUT2D eigenvalue weighted by molar-refractivity contribution is 0.0971. The zero-order chi connectivity index (χ0) is 21.9. The molecule has 0 saturated heterocycles. The predicted molar refractivity (Wildman–Crippen MR) is 129 cm³/mol. The Bertz CT molecular complexity index is 1390. The van der Waals surface area contributed by atoms with E-state index in [1.54, 1.807) is 34.9 Å². The van der Waals surface area contributed by atoms with Gasteiger partial charge in [0, 0.05) is 14.2 Å². The first-order valence-corrected chi connectivity index (χ1v) is 12.4. The summed E-state index contributed by atoms with van der Waals surface area (Å²) in [6.45, 7) is 3.89. The molecule has 0 bridgehead atoms. The van der Waals surface area contributed by atoms with Crippen LogP contribution < -0.4 is 10.3 Å². The minimum absolute atomic E-state index is 0.0873. The first-order chi connectivity index (χ1) is 14.9. The maximum Gasteiger partial charge on any atom is 0.297 e. The van der Waals surface area contributed by atoms with Crippen LogP contribution in [0.5, 0.6) is 0 Å². The van der Waals surface area contributed by atoms with Gasteiger partial charge in [-0.2, -0.15) is 0 Å². The summed E-state index contributed by atoms with van der Waals surface area (Å²) in [5.74, 6) is -0.256. The Morgan fingerprint density at radius 1 is 1.13 bits per heavy atom. The van der Waals surface area contributed by atoms with Crippen molar-refractivity contribution in [2.45, 2.75) is 24.8 Å². The Balaban J connectivity index is 1.80. The quantitative estimate of drug-likeness (QED) is 0.310. The fourth-order valence-electron chi connectivity index (χ4n) is 3.80. The molecule has 0 aliphatic carbocycles. The van der Waals surface area contributed by atoms with Crippen molar-refractivity contribution in [2.24, 2.45) is 0 Å². The molecule has 31 heavy (non-hydrogen) atoms. The van der Waals surface area contributed by atoms with E-state index in [9.17, 15) is 9.59 Å². The number of amides is 1. The zero-order valence-electron chi connectivity index (χ0n) is 16.9. The molecule has 5 rings (SSSR count). The average Bonchev–Trinajstić information content (AvgIpc) is 3.25. The van der Waals surface area contributed by atoms with E-state index in [-0.39, 0.29) is 17.1 Å². The van der Waals surface area contributed by atoms with Gasteiger partial charge in [0.05, 0.1) is 22.7 Å². The third-order valence-corrected chi connectivity index (χ3v) is 7.80. The van der Waals surface area contributed by atoms with Crippen LogP contribution in [0.15, 0.2) is 61.0 Å². The molecule has 5 nitrogen and oxygen atoms in total. The Hall–Kier alpha value is -2.42. The minimum Gasteiger partial charge on any atom is -0.450 e. The lowest BCUT2D eigenvalue weighted by Gasteiger charge is -2.22. The van der Waals surface area contributed by atoms with Crippen LogP contribution in [0.1, 0.15) is 38.3 Å². The molecular formula is C23H17BrN2O3S2. The summed E-state index contributed by atoms with van der Waals surface area (Å²) in [6.07, 6.45) is 2.01. The van der Waals surface area contributed by atoms with E-state index in [4.69, 9.17) is 4.42 Å². The van der Waals surface area contributed by atoms with Gasteiger partial charge in [-0.25, -0.2) is 4.98 Å². The van der Waals surface area contributed by atoms with Gasteiger partial charge in [-0.05, 0) is 56.0 Å². The molecular weight excluding hydrogens is 496 g/mol. The molecule has 1 aliphatic rings. The van der Waals surface area contributed by atoms with Crippen molar-refractivity contribution in [2.75, 3.05) is 11.2 Å². The number of hydrogen-bond acceptors (Lipinski definition) is 6. The second kappa shape index (κ2) is 7.62. The van der Waals surface area contributed by atoms with E-state index in [1.165, 1.54) is 11.3 Å². The van der Waals surface area contributed by atoms with Crippen LogP contribution in [-0.4, -0.2) is 17.1 Å². The number of thiazole rings is 1. The highest BCUT2D eigenvalue weighted by molar-refractivity contribution is 9.10. The number of halogens is 1. The molecule has 1 atom stereocenters. The van der Waals surface area contributed by atoms with Crippen molar-refractivity contribution in [3.63, 3.8) is 0 Å². The summed E-state index contributed by atoms with van der Waals surface area (Å²) in [7, 11) is 0. The Kier molecular flexibility index (Phi) is 5.03. The van der Waals surface area contributed by atoms with Crippen LogP contribution in [0.4, 0.5) is 5.13 Å². The van der Waals surface area contributed by atoms with Crippen LogP contribution >= 0.6 is 39.0 Å². The van der Waals surface area contributed by atoms with Gasteiger partial charge in [0.1, 0.15) is 5.58 Å². The summed E-state index contributed by atoms with van der Waals surface area (Å²) >= 11 is 6.51. The number of aryl methyl sites for hydroxylation is 2. The lowest BCUT2D eigenvalue weighted by atomic mass is 9.99. The molecule has 0 N–H and O–H groups in total. The van der Waals surface area contributed by atoms with E-state index < -0.39 is 6.04 Å². The number of rotatable bonds is 3. The number of carbonyl (C=O) groups excluding carboxylic acids is 1. The Labute approximate surface area is 195 Å². The minimum atomic E-state index is -0.594. The standard InChI is InChI=1S/C23H17BrN2O3S2/c1-11-12(2)31-23(25-11)26-19(13-4-7-15(30-3)8-5-13)18-20(27)16-10-14(24)6-9-17(16)29-21(18)22(26)28/h4-10,19H,1-3H3. The van der Waals surface area contributed by atoms with Crippen molar-refractivity contribution >= 4 is 61.0 Å². The van der Waals surface area contributed by atoms with Gasteiger partial charge in [-0.1, -0.05) is 28.1 Å². The van der Waals surface area contributed by atoms with E-state index >= 15 is 0 Å². The van der Waals surface area contributed by atoms with E-state index in [0.717, 1.165) is 25.5 Å². The summed E-state index contributed by atoms with van der Waals surface area (Å²) in [6, 6.07) is 12.6. The molecule has 0 radical (unpaired) electrons. The van der Waals surface area contributed by atoms with Crippen LogP contribution in [0.25, 0.3) is 11.0 Å². The highest BCUT2D eigenvalue weighted by atomic mass is 79.9. The third-order valence-electron chi connectivity index (χ3n) is 5.49. The Morgan fingerprint density at radius 3 is 2.52 bits per heavy atom. The first-order valence-electron chi connectivity index (χ1n) is 9.57. The highest BCUT2D eigenvalue weighted by Gasteiger charge is 2.45. The predicted octanol–water partition coefficient (Wildman–Crippen LogP) is 6.10. The van der Waals surface area contributed by atoms with Crippen LogP contribution in [0.3, 0.4) is 0 Å². The molecule has 8 heteroatoms. The molecule has 3 heterocycles. The van der Waals surface area contributed by atoms with Gasteiger partial charge in [-0.3, -0.25) is 14.5 Å². The highest BCUT2D eigenvalue weighted by Crippen LogP contribution is 2.43. The van der Waals surface area contributed by atoms with Crippen LogP contribution in [0, 0.1) is 13.8 Å². The number of thioether (sulfide) groups is 1. The molecule has 0 fully saturated rings. The fourth-order valence-corrected chi connectivity index (χ4v) is 5.51. The van der Waals surface area contributed by atoms with Crippen molar-refractivity contribution in [1.29, 1.82) is 0 Å². The van der Waals surface area contributed by atoms with Gasteiger partial charge in [-0.15, -0.1) is 23.1 Å². The van der Waals surface area contributed by atoms with Gasteiger partial charge in [0.15, 0.2) is 10.6 Å². The molecule has 0 saturated carbocycles.